The lowest BCUT2D eigenvalue weighted by molar-refractivity contribution is 0.172. The van der Waals surface area contributed by atoms with E-state index in [2.05, 4.69) is 19.2 Å². The number of aliphatic hydroxyl groups excluding tert-OH is 1. The summed E-state index contributed by atoms with van der Waals surface area (Å²) >= 11 is 0. The van der Waals surface area contributed by atoms with Crippen LogP contribution in [0.4, 0.5) is 0 Å². The second-order valence-electron chi connectivity index (χ2n) is 4.22. The topological polar surface area (TPSA) is 41.5 Å². The first-order valence-corrected chi connectivity index (χ1v) is 5.72. The van der Waals surface area contributed by atoms with Crippen LogP contribution in [0.5, 0.6) is 0 Å². The Morgan fingerprint density at radius 3 is 2.86 bits per heavy atom. The molecule has 0 aromatic heterocycles. The summed E-state index contributed by atoms with van der Waals surface area (Å²) in [5.41, 5.74) is 0. The summed E-state index contributed by atoms with van der Waals surface area (Å²) in [6.45, 7) is 6.43. The van der Waals surface area contributed by atoms with Crippen LogP contribution >= 0.6 is 0 Å². The van der Waals surface area contributed by atoms with E-state index in [0.29, 0.717) is 18.0 Å². The molecule has 3 atom stereocenters. The summed E-state index contributed by atoms with van der Waals surface area (Å²) in [7, 11) is 0. The van der Waals surface area contributed by atoms with Crippen molar-refractivity contribution in [3.05, 3.63) is 0 Å². The zero-order chi connectivity index (χ0) is 10.4. The monoisotopic (exact) mass is 201 g/mol. The van der Waals surface area contributed by atoms with Gasteiger partial charge in [-0.25, -0.2) is 0 Å². The average molecular weight is 201 g/mol. The maximum atomic E-state index is 8.82. The Balaban J connectivity index is 2.29. The van der Waals surface area contributed by atoms with Gasteiger partial charge in [0.2, 0.25) is 0 Å². The van der Waals surface area contributed by atoms with Crippen molar-refractivity contribution in [2.75, 3.05) is 19.8 Å². The van der Waals surface area contributed by atoms with Crippen LogP contribution in [-0.2, 0) is 4.74 Å². The number of ether oxygens (including phenoxy) is 1. The van der Waals surface area contributed by atoms with Crippen LogP contribution in [0, 0.1) is 5.92 Å². The van der Waals surface area contributed by atoms with E-state index in [9.17, 15) is 0 Å². The molecule has 0 radical (unpaired) electrons. The Morgan fingerprint density at radius 1 is 1.57 bits per heavy atom. The van der Waals surface area contributed by atoms with E-state index >= 15 is 0 Å². The van der Waals surface area contributed by atoms with Crippen LogP contribution in [0.1, 0.15) is 33.1 Å². The molecule has 0 bridgehead atoms. The van der Waals surface area contributed by atoms with E-state index in [1.807, 2.05) is 0 Å². The second kappa shape index (κ2) is 6.38. The summed E-state index contributed by atoms with van der Waals surface area (Å²) in [4.78, 5) is 0. The van der Waals surface area contributed by atoms with Gasteiger partial charge in [0.1, 0.15) is 0 Å². The molecule has 1 heterocycles. The fraction of sp³-hybridized carbons (Fsp3) is 1.00. The predicted octanol–water partition coefficient (Wildman–Crippen LogP) is 1.16. The van der Waals surface area contributed by atoms with E-state index in [0.717, 1.165) is 26.1 Å². The van der Waals surface area contributed by atoms with Gasteiger partial charge < -0.3 is 15.2 Å². The number of nitrogens with one attached hydrogen (secondary N) is 1. The molecule has 1 aliphatic rings. The SMILES string of the molecule is CCC(NC(C)CCO)C1CCOC1. The molecule has 14 heavy (non-hydrogen) atoms. The molecule has 3 heteroatoms. The lowest BCUT2D eigenvalue weighted by atomic mass is 9.96. The predicted molar refractivity (Wildman–Crippen MR) is 57.3 cm³/mol. The first-order valence-electron chi connectivity index (χ1n) is 5.72. The molecule has 3 unspecified atom stereocenters. The van der Waals surface area contributed by atoms with Gasteiger partial charge in [0.15, 0.2) is 0 Å². The average Bonchev–Trinajstić information content (AvgIpc) is 2.67. The van der Waals surface area contributed by atoms with Gasteiger partial charge in [0, 0.05) is 25.3 Å². The van der Waals surface area contributed by atoms with Crippen LogP contribution in [0.15, 0.2) is 0 Å². The molecular weight excluding hydrogens is 178 g/mol. The first kappa shape index (κ1) is 12.0. The van der Waals surface area contributed by atoms with Crippen molar-refractivity contribution in [2.24, 2.45) is 5.92 Å². The minimum atomic E-state index is 0.270. The summed E-state index contributed by atoms with van der Waals surface area (Å²) in [5.74, 6) is 0.668. The van der Waals surface area contributed by atoms with E-state index < -0.39 is 0 Å². The Morgan fingerprint density at radius 2 is 2.36 bits per heavy atom. The van der Waals surface area contributed by atoms with Crippen molar-refractivity contribution in [1.82, 2.24) is 5.32 Å². The molecule has 0 aliphatic carbocycles. The summed E-state index contributed by atoms with van der Waals surface area (Å²) < 4.78 is 5.39. The molecule has 1 rings (SSSR count). The van der Waals surface area contributed by atoms with Crippen molar-refractivity contribution >= 4 is 0 Å². The summed E-state index contributed by atoms with van der Waals surface area (Å²) in [5, 5.41) is 12.4. The fourth-order valence-corrected chi connectivity index (χ4v) is 2.10. The summed E-state index contributed by atoms with van der Waals surface area (Å²) in [6.07, 6.45) is 3.16. The molecule has 1 aliphatic heterocycles. The van der Waals surface area contributed by atoms with Crippen LogP contribution in [0.3, 0.4) is 0 Å². The van der Waals surface area contributed by atoms with Crippen LogP contribution < -0.4 is 5.32 Å². The van der Waals surface area contributed by atoms with Crippen molar-refractivity contribution < 1.29 is 9.84 Å². The quantitative estimate of drug-likeness (QED) is 0.677. The van der Waals surface area contributed by atoms with Crippen molar-refractivity contribution in [2.45, 2.75) is 45.2 Å². The van der Waals surface area contributed by atoms with E-state index in [1.165, 1.54) is 6.42 Å². The van der Waals surface area contributed by atoms with Gasteiger partial charge in [0.05, 0.1) is 6.61 Å². The van der Waals surface area contributed by atoms with Crippen molar-refractivity contribution in [3.63, 3.8) is 0 Å². The third kappa shape index (κ3) is 3.56. The van der Waals surface area contributed by atoms with Gasteiger partial charge in [-0.2, -0.15) is 0 Å². The lowest BCUT2D eigenvalue weighted by Crippen LogP contribution is -2.41. The third-order valence-electron chi connectivity index (χ3n) is 3.03. The van der Waals surface area contributed by atoms with Gasteiger partial charge in [0.25, 0.3) is 0 Å². The number of hydrogen-bond donors (Lipinski definition) is 2. The summed E-state index contributed by atoms with van der Waals surface area (Å²) in [6, 6.07) is 0.963. The molecule has 1 saturated heterocycles. The highest BCUT2D eigenvalue weighted by Gasteiger charge is 2.24. The minimum Gasteiger partial charge on any atom is -0.396 e. The molecule has 84 valence electrons. The number of aliphatic hydroxyl groups is 1. The molecule has 0 aromatic carbocycles. The highest BCUT2D eigenvalue weighted by atomic mass is 16.5. The first-order chi connectivity index (χ1) is 6.77. The fourth-order valence-electron chi connectivity index (χ4n) is 2.10. The van der Waals surface area contributed by atoms with Crippen LogP contribution in [-0.4, -0.2) is 37.0 Å². The maximum absolute atomic E-state index is 8.82. The Bertz CT molecular complexity index is 146. The Kier molecular flexibility index (Phi) is 5.45. The smallest absolute Gasteiger partial charge is 0.0510 e. The maximum Gasteiger partial charge on any atom is 0.0510 e. The van der Waals surface area contributed by atoms with Gasteiger partial charge in [-0.1, -0.05) is 6.92 Å². The van der Waals surface area contributed by atoms with Gasteiger partial charge in [-0.15, -0.1) is 0 Å². The highest BCUT2D eigenvalue weighted by molar-refractivity contribution is 4.80. The van der Waals surface area contributed by atoms with E-state index in [4.69, 9.17) is 9.84 Å². The normalized spacial score (nSPS) is 26.4. The molecule has 3 nitrogen and oxygen atoms in total. The van der Waals surface area contributed by atoms with Gasteiger partial charge in [-0.3, -0.25) is 0 Å². The van der Waals surface area contributed by atoms with Crippen molar-refractivity contribution in [1.29, 1.82) is 0 Å². The zero-order valence-electron chi connectivity index (χ0n) is 9.33. The minimum absolute atomic E-state index is 0.270. The molecule has 0 amide bonds. The number of hydrogen-bond acceptors (Lipinski definition) is 3. The van der Waals surface area contributed by atoms with Crippen LogP contribution in [0.25, 0.3) is 0 Å². The Hall–Kier alpha value is -0.120. The third-order valence-corrected chi connectivity index (χ3v) is 3.03. The van der Waals surface area contributed by atoms with E-state index in [1.54, 1.807) is 0 Å². The molecular formula is C11H23NO2. The standard InChI is InChI=1S/C11H23NO2/c1-3-11(10-5-7-14-8-10)12-9(2)4-6-13/h9-13H,3-8H2,1-2H3. The molecule has 0 saturated carbocycles. The van der Waals surface area contributed by atoms with Gasteiger partial charge in [-0.05, 0) is 32.1 Å². The molecule has 1 fully saturated rings. The van der Waals surface area contributed by atoms with Gasteiger partial charge >= 0.3 is 0 Å². The molecule has 2 N–H and O–H groups in total. The second-order valence-corrected chi connectivity index (χ2v) is 4.22. The largest absolute Gasteiger partial charge is 0.396 e. The van der Waals surface area contributed by atoms with Crippen molar-refractivity contribution in [3.8, 4) is 0 Å². The lowest BCUT2D eigenvalue weighted by Gasteiger charge is -2.26. The zero-order valence-corrected chi connectivity index (χ0v) is 9.33. The van der Waals surface area contributed by atoms with E-state index in [-0.39, 0.29) is 6.61 Å². The molecule has 0 aromatic rings. The Labute approximate surface area is 86.8 Å². The highest BCUT2D eigenvalue weighted by Crippen LogP contribution is 2.19. The van der Waals surface area contributed by atoms with Crippen LogP contribution in [0.2, 0.25) is 0 Å². The molecule has 0 spiro atoms. The number of rotatable bonds is 6.